The van der Waals surface area contributed by atoms with Crippen molar-refractivity contribution in [3.63, 3.8) is 0 Å². The van der Waals surface area contributed by atoms with E-state index in [2.05, 4.69) is 49.8 Å². The number of aryl methyl sites for hydroxylation is 2. The van der Waals surface area contributed by atoms with Crippen molar-refractivity contribution in [1.82, 2.24) is 15.2 Å². The third-order valence-corrected chi connectivity index (χ3v) is 5.37. The summed E-state index contributed by atoms with van der Waals surface area (Å²) >= 11 is 1.86. The van der Waals surface area contributed by atoms with Gasteiger partial charge in [0.25, 0.3) is 0 Å². The Morgan fingerprint density at radius 2 is 2.05 bits per heavy atom. The molecule has 19 heavy (non-hydrogen) atoms. The van der Waals surface area contributed by atoms with E-state index in [1.807, 2.05) is 11.3 Å². The Balaban J connectivity index is 2.12. The zero-order chi connectivity index (χ0) is 14.0. The van der Waals surface area contributed by atoms with Gasteiger partial charge in [-0.15, -0.1) is 11.3 Å². The van der Waals surface area contributed by atoms with E-state index in [1.54, 1.807) is 0 Å². The molecule has 0 bridgehead atoms. The molecule has 0 radical (unpaired) electrons. The van der Waals surface area contributed by atoms with Gasteiger partial charge in [-0.1, -0.05) is 13.8 Å². The van der Waals surface area contributed by atoms with Gasteiger partial charge in [0.2, 0.25) is 0 Å². The maximum Gasteiger partial charge on any atom is 0.0900 e. The molecule has 0 spiro atoms. The van der Waals surface area contributed by atoms with Crippen molar-refractivity contribution in [2.24, 2.45) is 5.92 Å². The molecule has 1 aliphatic rings. The minimum atomic E-state index is 0.493. The van der Waals surface area contributed by atoms with Crippen LogP contribution < -0.4 is 5.32 Å². The smallest absolute Gasteiger partial charge is 0.0900 e. The van der Waals surface area contributed by atoms with Crippen LogP contribution in [-0.4, -0.2) is 35.6 Å². The van der Waals surface area contributed by atoms with E-state index in [9.17, 15) is 0 Å². The van der Waals surface area contributed by atoms with Gasteiger partial charge in [-0.05, 0) is 39.7 Å². The normalized spacial score (nSPS) is 23.6. The van der Waals surface area contributed by atoms with Gasteiger partial charge in [0.05, 0.1) is 10.7 Å². The molecule has 108 valence electrons. The van der Waals surface area contributed by atoms with Crippen LogP contribution in [0.3, 0.4) is 0 Å². The van der Waals surface area contributed by atoms with Crippen molar-refractivity contribution < 1.29 is 0 Å². The standard InChI is InChI=1S/C15H27N3S/c1-10(2)14-9-18(8-6-7-16-14)12(4)15-11(3)17-13(5)19-15/h10,12,14,16H,6-9H2,1-5H3. The van der Waals surface area contributed by atoms with Gasteiger partial charge in [-0.25, -0.2) is 4.98 Å². The van der Waals surface area contributed by atoms with Crippen LogP contribution in [0.25, 0.3) is 0 Å². The maximum absolute atomic E-state index is 4.58. The fourth-order valence-corrected chi connectivity index (χ4v) is 3.89. The monoisotopic (exact) mass is 281 g/mol. The van der Waals surface area contributed by atoms with Gasteiger partial charge in [0.1, 0.15) is 0 Å². The van der Waals surface area contributed by atoms with Crippen LogP contribution in [0.1, 0.15) is 48.8 Å². The minimum Gasteiger partial charge on any atom is -0.312 e. The lowest BCUT2D eigenvalue weighted by molar-refractivity contribution is 0.194. The van der Waals surface area contributed by atoms with Crippen LogP contribution in [0.15, 0.2) is 0 Å². The molecule has 1 fully saturated rings. The molecule has 2 atom stereocenters. The van der Waals surface area contributed by atoms with Gasteiger partial charge >= 0.3 is 0 Å². The summed E-state index contributed by atoms with van der Waals surface area (Å²) in [5.41, 5.74) is 1.22. The van der Waals surface area contributed by atoms with Crippen molar-refractivity contribution in [2.45, 2.75) is 53.1 Å². The summed E-state index contributed by atoms with van der Waals surface area (Å²) in [4.78, 5) is 8.66. The maximum atomic E-state index is 4.58. The van der Waals surface area contributed by atoms with Crippen LogP contribution in [0.2, 0.25) is 0 Å². The molecule has 0 aliphatic carbocycles. The number of hydrogen-bond acceptors (Lipinski definition) is 4. The predicted molar refractivity (Wildman–Crippen MR) is 82.8 cm³/mol. The van der Waals surface area contributed by atoms with Gasteiger partial charge in [0.15, 0.2) is 0 Å². The first-order chi connectivity index (χ1) is 8.99. The average Bonchev–Trinajstić information content (AvgIpc) is 2.57. The van der Waals surface area contributed by atoms with E-state index >= 15 is 0 Å². The fraction of sp³-hybridized carbons (Fsp3) is 0.800. The van der Waals surface area contributed by atoms with Crippen LogP contribution in [0, 0.1) is 19.8 Å². The molecule has 1 aliphatic heterocycles. The van der Waals surface area contributed by atoms with E-state index in [1.165, 1.54) is 28.5 Å². The summed E-state index contributed by atoms with van der Waals surface area (Å²) in [5, 5.41) is 4.87. The van der Waals surface area contributed by atoms with Crippen molar-refractivity contribution in [1.29, 1.82) is 0 Å². The zero-order valence-corrected chi connectivity index (χ0v) is 13.7. The molecule has 2 rings (SSSR count). The van der Waals surface area contributed by atoms with E-state index < -0.39 is 0 Å². The number of aromatic nitrogens is 1. The van der Waals surface area contributed by atoms with Gasteiger partial charge in [-0.2, -0.15) is 0 Å². The van der Waals surface area contributed by atoms with E-state index in [4.69, 9.17) is 0 Å². The molecule has 3 nitrogen and oxygen atoms in total. The molecule has 1 aromatic heterocycles. The summed E-state index contributed by atoms with van der Waals surface area (Å²) in [6.45, 7) is 14.7. The lowest BCUT2D eigenvalue weighted by atomic mass is 10.0. The Labute approximate surface area is 121 Å². The lowest BCUT2D eigenvalue weighted by Gasteiger charge is -2.31. The van der Waals surface area contributed by atoms with Crippen molar-refractivity contribution in [2.75, 3.05) is 19.6 Å². The van der Waals surface area contributed by atoms with E-state index in [0.717, 1.165) is 13.1 Å². The second-order valence-corrected chi connectivity index (χ2v) is 7.25. The molecule has 4 heteroatoms. The predicted octanol–water partition coefficient (Wildman–Crippen LogP) is 3.14. The second-order valence-electron chi connectivity index (χ2n) is 6.01. The number of rotatable bonds is 3. The fourth-order valence-electron chi connectivity index (χ4n) is 2.88. The molecule has 1 aromatic rings. The van der Waals surface area contributed by atoms with Gasteiger partial charge < -0.3 is 5.32 Å². The Morgan fingerprint density at radius 1 is 1.32 bits per heavy atom. The SMILES string of the molecule is Cc1nc(C)c(C(C)N2CCCNC(C(C)C)C2)s1. The number of thiazole rings is 1. The molecule has 2 unspecified atom stereocenters. The highest BCUT2D eigenvalue weighted by Crippen LogP contribution is 2.30. The average molecular weight is 281 g/mol. The molecule has 2 heterocycles. The third-order valence-electron chi connectivity index (χ3n) is 4.13. The lowest BCUT2D eigenvalue weighted by Crippen LogP contribution is -2.42. The summed E-state index contributed by atoms with van der Waals surface area (Å²) < 4.78 is 0. The topological polar surface area (TPSA) is 28.2 Å². The quantitative estimate of drug-likeness (QED) is 0.922. The molecule has 1 saturated heterocycles. The Morgan fingerprint density at radius 3 is 2.63 bits per heavy atom. The summed E-state index contributed by atoms with van der Waals surface area (Å²) in [6, 6.07) is 1.10. The minimum absolute atomic E-state index is 0.493. The van der Waals surface area contributed by atoms with Gasteiger partial charge in [-0.3, -0.25) is 4.90 Å². The Kier molecular flexibility index (Phi) is 4.98. The number of nitrogens with one attached hydrogen (secondary N) is 1. The molecular weight excluding hydrogens is 254 g/mol. The van der Waals surface area contributed by atoms with Crippen LogP contribution in [0.5, 0.6) is 0 Å². The Bertz CT molecular complexity index is 414. The highest BCUT2D eigenvalue weighted by Gasteiger charge is 2.26. The zero-order valence-electron chi connectivity index (χ0n) is 12.9. The van der Waals surface area contributed by atoms with Crippen molar-refractivity contribution in [3.05, 3.63) is 15.6 Å². The summed E-state index contributed by atoms with van der Waals surface area (Å²) in [7, 11) is 0. The molecule has 1 N–H and O–H groups in total. The van der Waals surface area contributed by atoms with E-state index in [0.29, 0.717) is 18.0 Å². The number of hydrogen-bond donors (Lipinski definition) is 1. The first-order valence-corrected chi connectivity index (χ1v) is 8.22. The third kappa shape index (κ3) is 3.56. The van der Waals surface area contributed by atoms with Crippen LogP contribution >= 0.6 is 11.3 Å². The van der Waals surface area contributed by atoms with Gasteiger partial charge in [0, 0.05) is 30.1 Å². The highest BCUT2D eigenvalue weighted by molar-refractivity contribution is 7.11. The summed E-state index contributed by atoms with van der Waals surface area (Å²) in [5.74, 6) is 0.692. The highest BCUT2D eigenvalue weighted by atomic mass is 32.1. The molecular formula is C15H27N3S. The largest absolute Gasteiger partial charge is 0.312 e. The second kappa shape index (κ2) is 6.33. The van der Waals surface area contributed by atoms with Crippen LogP contribution in [-0.2, 0) is 0 Å². The van der Waals surface area contributed by atoms with Crippen molar-refractivity contribution in [3.8, 4) is 0 Å². The van der Waals surface area contributed by atoms with E-state index in [-0.39, 0.29) is 0 Å². The number of nitrogens with zero attached hydrogens (tertiary/aromatic N) is 2. The first-order valence-electron chi connectivity index (χ1n) is 7.40. The first kappa shape index (κ1) is 14.9. The Hall–Kier alpha value is -0.450. The van der Waals surface area contributed by atoms with Crippen molar-refractivity contribution >= 4 is 11.3 Å². The molecule has 0 aromatic carbocycles. The molecule has 0 saturated carbocycles. The molecule has 0 amide bonds. The summed E-state index contributed by atoms with van der Waals surface area (Å²) in [6.07, 6.45) is 1.24. The van der Waals surface area contributed by atoms with Crippen LogP contribution in [0.4, 0.5) is 0 Å².